The van der Waals surface area contributed by atoms with Gasteiger partial charge in [0.2, 0.25) is 0 Å². The van der Waals surface area contributed by atoms with E-state index >= 15 is 0 Å². The maximum absolute atomic E-state index is 11.4. The fraction of sp³-hybridized carbons (Fsp3) is 0.923. The van der Waals surface area contributed by atoms with Crippen molar-refractivity contribution in [1.29, 1.82) is 0 Å². The van der Waals surface area contributed by atoms with Gasteiger partial charge in [-0.05, 0) is 46.6 Å². The Morgan fingerprint density at radius 1 is 1.24 bits per heavy atom. The van der Waals surface area contributed by atoms with Crippen molar-refractivity contribution < 1.29 is 9.53 Å². The average molecular weight is 244 g/mol. The zero-order valence-corrected chi connectivity index (χ0v) is 12.1. The summed E-state index contributed by atoms with van der Waals surface area (Å²) in [6.07, 6.45) is 0.798. The third kappa shape index (κ3) is 11.5. The van der Waals surface area contributed by atoms with E-state index in [1.54, 1.807) is 0 Å². The lowest BCUT2D eigenvalue weighted by atomic mass is 10.1. The van der Waals surface area contributed by atoms with Crippen LogP contribution in [-0.4, -0.2) is 30.8 Å². The summed E-state index contributed by atoms with van der Waals surface area (Å²) in [7, 11) is 0. The Kier molecular flexibility index (Phi) is 7.19. The van der Waals surface area contributed by atoms with Gasteiger partial charge >= 0.3 is 6.09 Å². The van der Waals surface area contributed by atoms with Crippen LogP contribution in [0.2, 0.25) is 0 Å². The molecule has 4 nitrogen and oxygen atoms in total. The van der Waals surface area contributed by atoms with E-state index in [0.717, 1.165) is 13.0 Å². The first-order chi connectivity index (χ1) is 7.70. The molecule has 17 heavy (non-hydrogen) atoms. The quantitative estimate of drug-likeness (QED) is 0.755. The molecular formula is C13H28N2O2. The fourth-order valence-corrected chi connectivity index (χ4v) is 1.24. The first-order valence-electron chi connectivity index (χ1n) is 6.41. The van der Waals surface area contributed by atoms with Crippen molar-refractivity contribution in [3.05, 3.63) is 0 Å². The van der Waals surface area contributed by atoms with E-state index in [0.29, 0.717) is 12.5 Å². The van der Waals surface area contributed by atoms with Gasteiger partial charge in [0.1, 0.15) is 5.60 Å². The first kappa shape index (κ1) is 16.2. The van der Waals surface area contributed by atoms with Crippen molar-refractivity contribution in [1.82, 2.24) is 10.6 Å². The topological polar surface area (TPSA) is 50.4 Å². The van der Waals surface area contributed by atoms with Crippen molar-refractivity contribution >= 4 is 6.09 Å². The number of carbonyl (C=O) groups excluding carboxylic acids is 1. The lowest BCUT2D eigenvalue weighted by Crippen LogP contribution is -2.41. The van der Waals surface area contributed by atoms with Gasteiger partial charge in [-0.2, -0.15) is 0 Å². The molecule has 0 rings (SSSR count). The second-order valence-electron chi connectivity index (χ2n) is 5.92. The normalized spacial score (nSPS) is 13.6. The second-order valence-corrected chi connectivity index (χ2v) is 5.92. The van der Waals surface area contributed by atoms with Crippen LogP contribution in [0.15, 0.2) is 0 Å². The standard InChI is InChI=1S/C13H28N2O2/c1-10(2)7-8-14-11(3)9-15-12(16)17-13(4,5)6/h10-11,14H,7-9H2,1-6H3,(H,15,16). The third-order valence-corrected chi connectivity index (χ3v) is 2.17. The Morgan fingerprint density at radius 2 is 1.82 bits per heavy atom. The molecule has 0 spiro atoms. The molecular weight excluding hydrogens is 216 g/mol. The molecule has 0 aromatic heterocycles. The van der Waals surface area contributed by atoms with Gasteiger partial charge in [0, 0.05) is 12.6 Å². The number of rotatable bonds is 6. The van der Waals surface area contributed by atoms with Crippen molar-refractivity contribution in [3.8, 4) is 0 Å². The van der Waals surface area contributed by atoms with Gasteiger partial charge in [-0.25, -0.2) is 4.79 Å². The lowest BCUT2D eigenvalue weighted by Gasteiger charge is -2.21. The van der Waals surface area contributed by atoms with Gasteiger partial charge in [0.05, 0.1) is 0 Å². The van der Waals surface area contributed by atoms with Crippen molar-refractivity contribution in [2.75, 3.05) is 13.1 Å². The number of hydrogen-bond acceptors (Lipinski definition) is 3. The van der Waals surface area contributed by atoms with E-state index in [1.807, 2.05) is 20.8 Å². The lowest BCUT2D eigenvalue weighted by molar-refractivity contribution is 0.0523. The zero-order valence-electron chi connectivity index (χ0n) is 12.1. The molecule has 0 bridgehead atoms. The summed E-state index contributed by atoms with van der Waals surface area (Å²) >= 11 is 0. The highest BCUT2D eigenvalue weighted by Crippen LogP contribution is 2.06. The summed E-state index contributed by atoms with van der Waals surface area (Å²) in [6.45, 7) is 13.6. The Morgan fingerprint density at radius 3 is 2.29 bits per heavy atom. The molecule has 0 aromatic rings. The monoisotopic (exact) mass is 244 g/mol. The van der Waals surface area contributed by atoms with Gasteiger partial charge in [0.15, 0.2) is 0 Å². The van der Waals surface area contributed by atoms with Crippen LogP contribution in [0.25, 0.3) is 0 Å². The van der Waals surface area contributed by atoms with Gasteiger partial charge in [-0.3, -0.25) is 0 Å². The Hall–Kier alpha value is -0.770. The van der Waals surface area contributed by atoms with Crippen LogP contribution >= 0.6 is 0 Å². The van der Waals surface area contributed by atoms with Gasteiger partial charge in [0.25, 0.3) is 0 Å². The zero-order chi connectivity index (χ0) is 13.5. The minimum absolute atomic E-state index is 0.265. The van der Waals surface area contributed by atoms with Crippen LogP contribution in [0, 0.1) is 5.92 Å². The molecule has 1 atom stereocenters. The predicted octanol–water partition coefficient (Wildman–Crippen LogP) is 2.54. The largest absolute Gasteiger partial charge is 0.444 e. The molecule has 0 saturated heterocycles. The molecule has 0 aliphatic rings. The SMILES string of the molecule is CC(C)CCNC(C)CNC(=O)OC(C)(C)C. The molecule has 0 aliphatic heterocycles. The number of carbonyl (C=O) groups is 1. The van der Waals surface area contributed by atoms with Crippen molar-refractivity contribution in [2.24, 2.45) is 5.92 Å². The minimum Gasteiger partial charge on any atom is -0.444 e. The highest BCUT2D eigenvalue weighted by Gasteiger charge is 2.16. The number of alkyl carbamates (subject to hydrolysis) is 1. The van der Waals surface area contributed by atoms with Gasteiger partial charge < -0.3 is 15.4 Å². The number of nitrogens with one attached hydrogen (secondary N) is 2. The van der Waals surface area contributed by atoms with Crippen LogP contribution in [-0.2, 0) is 4.74 Å². The smallest absolute Gasteiger partial charge is 0.407 e. The summed E-state index contributed by atoms with van der Waals surface area (Å²) in [5.41, 5.74) is -0.432. The van der Waals surface area contributed by atoms with Crippen LogP contribution < -0.4 is 10.6 Å². The van der Waals surface area contributed by atoms with E-state index in [1.165, 1.54) is 0 Å². The minimum atomic E-state index is -0.432. The maximum Gasteiger partial charge on any atom is 0.407 e. The van der Waals surface area contributed by atoms with E-state index in [9.17, 15) is 4.79 Å². The third-order valence-electron chi connectivity index (χ3n) is 2.17. The molecule has 0 aromatic carbocycles. The van der Waals surface area contributed by atoms with E-state index in [2.05, 4.69) is 31.4 Å². The average Bonchev–Trinajstić information content (AvgIpc) is 2.11. The number of amides is 1. The first-order valence-corrected chi connectivity index (χ1v) is 6.41. The van der Waals surface area contributed by atoms with Gasteiger partial charge in [-0.1, -0.05) is 13.8 Å². The number of ether oxygens (including phenoxy) is 1. The van der Waals surface area contributed by atoms with Crippen molar-refractivity contribution in [2.45, 2.75) is 59.6 Å². The number of hydrogen-bond donors (Lipinski definition) is 2. The Bertz CT molecular complexity index is 222. The summed E-state index contributed by atoms with van der Waals surface area (Å²) in [5.74, 6) is 0.702. The van der Waals surface area contributed by atoms with E-state index < -0.39 is 5.60 Å². The second kappa shape index (κ2) is 7.54. The molecule has 0 heterocycles. The van der Waals surface area contributed by atoms with Crippen molar-refractivity contribution in [3.63, 3.8) is 0 Å². The summed E-state index contributed by atoms with van der Waals surface area (Å²) in [6, 6.07) is 0.265. The van der Waals surface area contributed by atoms with Crippen LogP contribution in [0.4, 0.5) is 4.79 Å². The Labute approximate surface area is 105 Å². The molecule has 0 saturated carbocycles. The van der Waals surface area contributed by atoms with E-state index in [4.69, 9.17) is 4.74 Å². The molecule has 1 amide bonds. The molecule has 1 unspecified atom stereocenters. The molecule has 102 valence electrons. The summed E-state index contributed by atoms with van der Waals surface area (Å²) in [5, 5.41) is 6.12. The van der Waals surface area contributed by atoms with Crippen LogP contribution in [0.3, 0.4) is 0 Å². The molecule has 0 fully saturated rings. The predicted molar refractivity (Wildman–Crippen MR) is 71.2 cm³/mol. The highest BCUT2D eigenvalue weighted by molar-refractivity contribution is 5.67. The molecule has 0 radical (unpaired) electrons. The summed E-state index contributed by atoms with van der Waals surface area (Å²) in [4.78, 5) is 11.4. The molecule has 2 N–H and O–H groups in total. The fourth-order valence-electron chi connectivity index (χ4n) is 1.24. The molecule has 4 heteroatoms. The van der Waals surface area contributed by atoms with Gasteiger partial charge in [-0.15, -0.1) is 0 Å². The Balaban J connectivity index is 3.62. The highest BCUT2D eigenvalue weighted by atomic mass is 16.6. The van der Waals surface area contributed by atoms with Crippen LogP contribution in [0.5, 0.6) is 0 Å². The van der Waals surface area contributed by atoms with E-state index in [-0.39, 0.29) is 12.1 Å². The summed E-state index contributed by atoms with van der Waals surface area (Å²) < 4.78 is 5.15. The maximum atomic E-state index is 11.4. The molecule has 0 aliphatic carbocycles. The van der Waals surface area contributed by atoms with Crippen LogP contribution in [0.1, 0.15) is 48.0 Å².